The molecule has 0 N–H and O–H groups in total. The third-order valence-electron chi connectivity index (χ3n) is 6.27. The Bertz CT molecular complexity index is 1520. The summed E-state index contributed by atoms with van der Waals surface area (Å²) in [4.78, 5) is 47.7. The second-order valence-corrected chi connectivity index (χ2v) is 10.1. The maximum absolute atomic E-state index is 13.8. The highest BCUT2D eigenvalue weighted by molar-refractivity contribution is 7.10. The average molecular weight is 538 g/mol. The number of aromatic nitrogens is 1. The number of rotatable bonds is 4. The fourth-order valence-electron chi connectivity index (χ4n) is 4.67. The number of anilines is 2. The van der Waals surface area contributed by atoms with Gasteiger partial charge in [-0.15, -0.1) is 0 Å². The minimum Gasteiger partial charge on any atom is -0.273 e. The van der Waals surface area contributed by atoms with Crippen LogP contribution in [-0.2, 0) is 14.4 Å². The first-order valence-corrected chi connectivity index (χ1v) is 12.6. The number of hydrogen-bond acceptors (Lipinski definition) is 6. The van der Waals surface area contributed by atoms with E-state index < -0.39 is 29.9 Å². The fourth-order valence-corrected chi connectivity index (χ4v) is 6.27. The molecule has 1 aromatic heterocycles. The molecule has 2 amide bonds. The molecule has 10 heteroatoms. The Morgan fingerprint density at radius 3 is 1.97 bits per heavy atom. The number of carbonyl (C=O) groups is 2. The molecule has 3 atom stereocenters. The van der Waals surface area contributed by atoms with Crippen molar-refractivity contribution in [2.24, 2.45) is 5.92 Å². The molecule has 0 bridgehead atoms. The van der Waals surface area contributed by atoms with Crippen LogP contribution in [0.5, 0.6) is 0 Å². The molecule has 3 heterocycles. The quantitative estimate of drug-likeness (QED) is 0.332. The largest absolute Gasteiger partial charge is 0.313 e. The Kier molecular flexibility index (Phi) is 5.69. The highest BCUT2D eigenvalue weighted by Gasteiger charge is 2.61. The number of hydrogen-bond donors (Lipinski definition) is 0. The smallest absolute Gasteiger partial charge is 0.273 e. The molecule has 0 radical (unpaired) electrons. The lowest BCUT2D eigenvalue weighted by Crippen LogP contribution is -2.37. The molecule has 0 saturated carbocycles. The van der Waals surface area contributed by atoms with Gasteiger partial charge in [-0.3, -0.25) is 23.8 Å². The van der Waals surface area contributed by atoms with Crippen LogP contribution in [0.15, 0.2) is 89.7 Å². The number of benzene rings is 3. The summed E-state index contributed by atoms with van der Waals surface area (Å²) in [7, 11) is 0. The highest BCUT2D eigenvalue weighted by atomic mass is 35.5. The van der Waals surface area contributed by atoms with Gasteiger partial charge in [-0.05, 0) is 48.5 Å². The van der Waals surface area contributed by atoms with Crippen molar-refractivity contribution in [2.75, 3.05) is 9.96 Å². The van der Waals surface area contributed by atoms with Crippen molar-refractivity contribution in [3.8, 4) is 5.69 Å². The Morgan fingerprint density at radius 2 is 1.33 bits per heavy atom. The summed E-state index contributed by atoms with van der Waals surface area (Å²) in [5.41, 5.74) is 1.64. The van der Waals surface area contributed by atoms with Crippen molar-refractivity contribution in [3.63, 3.8) is 0 Å². The normalized spacial score (nSPS) is 21.3. The Hall–Kier alpha value is -3.43. The zero-order valence-electron chi connectivity index (χ0n) is 18.5. The van der Waals surface area contributed by atoms with Crippen LogP contribution in [0.3, 0.4) is 0 Å². The lowest BCUT2D eigenvalue weighted by atomic mass is 9.95. The molecule has 2 aliphatic rings. The van der Waals surface area contributed by atoms with E-state index in [0.717, 1.165) is 16.2 Å². The minimum absolute atomic E-state index is 0.177. The van der Waals surface area contributed by atoms with Gasteiger partial charge in [0.05, 0.1) is 21.9 Å². The number of amides is 2. The standard InChI is InChI=1S/C26H17Cl2N3O4S/c27-15-11-13-17(14-12-15)30-24(32)19-20(31(35-21(19)25(30)33)18-9-5-2-6-10-18)22-23(28)29(26(34)36-22)16-7-3-1-4-8-16/h1-14,19-21H/t19-,20-,21+/m0/s1. The Morgan fingerprint density at radius 1 is 0.722 bits per heavy atom. The van der Waals surface area contributed by atoms with E-state index in [0.29, 0.717) is 27.0 Å². The number of carbonyl (C=O) groups excluding carboxylic acids is 2. The molecule has 0 aliphatic carbocycles. The molecule has 2 saturated heterocycles. The van der Waals surface area contributed by atoms with Gasteiger partial charge in [-0.2, -0.15) is 0 Å². The van der Waals surface area contributed by atoms with E-state index in [4.69, 9.17) is 28.0 Å². The number of thiazole rings is 1. The number of fused-ring (bicyclic) bond motifs is 1. The van der Waals surface area contributed by atoms with Crippen LogP contribution in [0.4, 0.5) is 11.4 Å². The summed E-state index contributed by atoms with van der Waals surface area (Å²) in [5.74, 6) is -1.83. The summed E-state index contributed by atoms with van der Waals surface area (Å²) < 4.78 is 1.40. The second-order valence-electron chi connectivity index (χ2n) is 8.34. The van der Waals surface area contributed by atoms with Crippen LogP contribution in [0.2, 0.25) is 10.2 Å². The maximum atomic E-state index is 13.8. The van der Waals surface area contributed by atoms with Crippen LogP contribution in [0.25, 0.3) is 5.69 Å². The first kappa shape index (κ1) is 23.0. The van der Waals surface area contributed by atoms with Crippen molar-refractivity contribution in [3.05, 3.63) is 110 Å². The maximum Gasteiger partial charge on any atom is 0.313 e. The molecule has 0 spiro atoms. The van der Waals surface area contributed by atoms with Gasteiger partial charge in [0.1, 0.15) is 17.1 Å². The van der Waals surface area contributed by atoms with Crippen LogP contribution in [0.1, 0.15) is 10.9 Å². The summed E-state index contributed by atoms with van der Waals surface area (Å²) in [6, 6.07) is 23.8. The third-order valence-corrected chi connectivity index (χ3v) is 8.02. The van der Waals surface area contributed by atoms with Crippen molar-refractivity contribution in [1.29, 1.82) is 0 Å². The van der Waals surface area contributed by atoms with Crippen LogP contribution in [0, 0.1) is 5.92 Å². The van der Waals surface area contributed by atoms with Gasteiger partial charge >= 0.3 is 4.87 Å². The second kappa shape index (κ2) is 8.90. The number of hydroxylamine groups is 1. The molecule has 0 unspecified atom stereocenters. The highest BCUT2D eigenvalue weighted by Crippen LogP contribution is 2.50. The van der Waals surface area contributed by atoms with Crippen LogP contribution >= 0.6 is 34.5 Å². The lowest BCUT2D eigenvalue weighted by molar-refractivity contribution is -0.126. The van der Waals surface area contributed by atoms with E-state index in [1.807, 2.05) is 48.5 Å². The SMILES string of the molecule is O=C1[C@H]2[C@@H](c3sc(=O)n(-c4ccccc4)c3Cl)N(c3ccccc3)O[C@H]2C(=O)N1c1ccc(Cl)cc1. The topological polar surface area (TPSA) is 71.9 Å². The predicted molar refractivity (Wildman–Crippen MR) is 139 cm³/mol. The van der Waals surface area contributed by atoms with E-state index in [9.17, 15) is 14.4 Å². The fraction of sp³-hybridized carbons (Fsp3) is 0.115. The number of para-hydroxylation sites is 2. The minimum atomic E-state index is -1.07. The van der Waals surface area contributed by atoms with Gasteiger partial charge in [-0.25, -0.2) is 9.96 Å². The van der Waals surface area contributed by atoms with Gasteiger partial charge in [0, 0.05) is 5.02 Å². The molecular formula is C26H17Cl2N3O4S. The first-order chi connectivity index (χ1) is 17.5. The number of halogens is 2. The Labute approximate surface area is 219 Å². The first-order valence-electron chi connectivity index (χ1n) is 11.1. The predicted octanol–water partition coefficient (Wildman–Crippen LogP) is 5.26. The zero-order chi connectivity index (χ0) is 25.0. The number of nitrogens with zero attached hydrogens (tertiary/aromatic N) is 3. The molecule has 2 fully saturated rings. The molecule has 3 aromatic carbocycles. The molecule has 36 heavy (non-hydrogen) atoms. The van der Waals surface area contributed by atoms with Gasteiger partial charge in [0.15, 0.2) is 6.10 Å². The van der Waals surface area contributed by atoms with Gasteiger partial charge in [0.2, 0.25) is 5.91 Å². The third kappa shape index (κ3) is 3.57. The van der Waals surface area contributed by atoms with Gasteiger partial charge in [0.25, 0.3) is 5.91 Å². The monoisotopic (exact) mass is 537 g/mol. The molecule has 2 aliphatic heterocycles. The van der Waals surface area contributed by atoms with E-state index in [1.54, 1.807) is 36.4 Å². The Balaban J connectivity index is 1.48. The summed E-state index contributed by atoms with van der Waals surface area (Å²) >= 11 is 13.7. The van der Waals surface area contributed by atoms with Gasteiger partial charge < -0.3 is 0 Å². The molecule has 180 valence electrons. The van der Waals surface area contributed by atoms with Gasteiger partial charge in [-0.1, -0.05) is 70.9 Å². The van der Waals surface area contributed by atoms with Crippen molar-refractivity contribution < 1.29 is 14.4 Å². The van der Waals surface area contributed by atoms with Crippen LogP contribution < -0.4 is 14.8 Å². The summed E-state index contributed by atoms with van der Waals surface area (Å²) in [6.07, 6.45) is -1.07. The molecular weight excluding hydrogens is 521 g/mol. The van der Waals surface area contributed by atoms with Crippen molar-refractivity contribution in [1.82, 2.24) is 4.57 Å². The zero-order valence-corrected chi connectivity index (χ0v) is 20.8. The average Bonchev–Trinajstić information content (AvgIpc) is 3.50. The summed E-state index contributed by atoms with van der Waals surface area (Å²) in [6.45, 7) is 0. The lowest BCUT2D eigenvalue weighted by Gasteiger charge is -2.28. The molecule has 7 nitrogen and oxygen atoms in total. The van der Waals surface area contributed by atoms with E-state index in [-0.39, 0.29) is 10.0 Å². The van der Waals surface area contributed by atoms with Crippen molar-refractivity contribution in [2.45, 2.75) is 12.1 Å². The van der Waals surface area contributed by atoms with Crippen molar-refractivity contribution >= 4 is 57.7 Å². The number of imide groups is 1. The van der Waals surface area contributed by atoms with E-state index in [2.05, 4.69) is 0 Å². The molecule has 4 aromatic rings. The van der Waals surface area contributed by atoms with E-state index >= 15 is 0 Å². The summed E-state index contributed by atoms with van der Waals surface area (Å²) in [5, 5.41) is 2.19. The van der Waals surface area contributed by atoms with Crippen LogP contribution in [-0.4, -0.2) is 22.5 Å². The van der Waals surface area contributed by atoms with E-state index in [1.165, 1.54) is 9.63 Å². The molecule has 6 rings (SSSR count).